The van der Waals surface area contributed by atoms with Gasteiger partial charge in [0, 0.05) is 83.8 Å². The Hall–Kier alpha value is -15.6. The van der Waals surface area contributed by atoms with Crippen molar-refractivity contribution in [3.8, 4) is 157 Å². The van der Waals surface area contributed by atoms with Gasteiger partial charge in [0.25, 0.3) is 0 Å². The molecule has 0 unspecified atom stereocenters. The Bertz CT molecular complexity index is 7080. The van der Waals surface area contributed by atoms with Gasteiger partial charge in [-0.15, -0.1) is 0 Å². The number of nitrogens with zero attached hydrogens (tertiary/aromatic N) is 8. The second-order valence-electron chi connectivity index (χ2n) is 29.7. The lowest BCUT2D eigenvalue weighted by molar-refractivity contribution is 0.975. The first-order chi connectivity index (χ1) is 57.5. The lowest BCUT2D eigenvalue weighted by Gasteiger charge is -2.28. The summed E-state index contributed by atoms with van der Waals surface area (Å²) < 4.78 is 4.70. The molecule has 542 valence electrons. The summed E-state index contributed by atoms with van der Waals surface area (Å²) in [6, 6.07) is 153. The smallest absolute Gasteiger partial charge is 0.235 e. The molecule has 0 aliphatic carbocycles. The van der Waals surface area contributed by atoms with Gasteiger partial charge in [-0.05, 0) is 147 Å². The topological polar surface area (TPSA) is 67.9 Å². The molecule has 0 saturated carbocycles. The average Bonchev–Trinajstić information content (AvgIpc) is 1.56. The lowest BCUT2D eigenvalue weighted by atomic mass is 9.94. The maximum absolute atomic E-state index is 5.79. The second kappa shape index (κ2) is 28.3. The number of hydrogen-bond donors (Lipinski definition) is 0. The summed E-state index contributed by atoms with van der Waals surface area (Å²) in [6.07, 6.45) is 0. The molecule has 0 bridgehead atoms. The molecule has 0 amide bonds. The molecular formula is C108H70N8. The van der Waals surface area contributed by atoms with Crippen LogP contribution in [0.15, 0.2) is 425 Å². The number of hydrogen-bond acceptors (Lipinski definition) is 6. The van der Waals surface area contributed by atoms with Crippen molar-refractivity contribution >= 4 is 55.9 Å². The van der Waals surface area contributed by atoms with Crippen LogP contribution in [0.1, 0.15) is 0 Å². The molecule has 16 aromatic carbocycles. The van der Waals surface area contributed by atoms with Gasteiger partial charge in [-0.1, -0.05) is 328 Å². The molecule has 0 saturated heterocycles. The van der Waals surface area contributed by atoms with Crippen LogP contribution in [-0.4, -0.2) is 29.1 Å². The fourth-order valence-electron chi connectivity index (χ4n) is 17.5. The Morgan fingerprint density at radius 3 is 0.966 bits per heavy atom. The van der Waals surface area contributed by atoms with Crippen LogP contribution in [0, 0.1) is 0 Å². The maximum Gasteiger partial charge on any atom is 0.235 e. The average molecular weight is 1480 g/mol. The first-order valence-electron chi connectivity index (χ1n) is 39.4. The number of benzene rings is 16. The molecule has 2 aliphatic heterocycles. The summed E-state index contributed by atoms with van der Waals surface area (Å²) in [5, 5.41) is 2.22. The summed E-state index contributed by atoms with van der Waals surface area (Å²) in [5.41, 5.74) is 34.4. The van der Waals surface area contributed by atoms with Crippen LogP contribution in [0.3, 0.4) is 0 Å². The van der Waals surface area contributed by atoms with Crippen LogP contribution in [0.5, 0.6) is 0 Å². The predicted octanol–water partition coefficient (Wildman–Crippen LogP) is 28.4. The lowest BCUT2D eigenvalue weighted by Crippen LogP contribution is -2.12. The Morgan fingerprint density at radius 2 is 0.500 bits per heavy atom. The summed E-state index contributed by atoms with van der Waals surface area (Å²) in [6.45, 7) is 0. The molecule has 6 heterocycles. The van der Waals surface area contributed by atoms with E-state index in [1.165, 1.54) is 0 Å². The number of anilines is 6. The second-order valence-corrected chi connectivity index (χ2v) is 29.7. The molecule has 8 nitrogen and oxygen atoms in total. The molecule has 2 aliphatic rings. The molecule has 0 N–H and O–H groups in total. The molecule has 0 radical (unpaired) electrons. The summed E-state index contributed by atoms with van der Waals surface area (Å²) in [7, 11) is 0. The molecule has 22 rings (SSSR count). The molecule has 0 spiro atoms. The number of fused-ring (bicyclic) bond motifs is 14. The summed E-state index contributed by atoms with van der Waals surface area (Å²) in [4.78, 5) is 27.2. The van der Waals surface area contributed by atoms with Crippen LogP contribution in [0.25, 0.3) is 179 Å². The van der Waals surface area contributed by atoms with Gasteiger partial charge in [-0.2, -0.15) is 0 Å². The van der Waals surface area contributed by atoms with Crippen LogP contribution in [0.2, 0.25) is 0 Å². The van der Waals surface area contributed by atoms with E-state index >= 15 is 0 Å². The van der Waals surface area contributed by atoms with Crippen molar-refractivity contribution in [2.75, 3.05) is 9.80 Å². The zero-order valence-electron chi connectivity index (χ0n) is 63.0. The zero-order valence-corrected chi connectivity index (χ0v) is 63.0. The Balaban J connectivity index is 0.685. The SMILES string of the molecule is c1ccc(-c2cc(-c3cccc(-c4cccc(-c5cc(-c6ccccc6)nc(-n6c7c(c8ccccc86)-c6ccccc6N(c6cc(-c8ccccc8)cc(-c8ccccc8)c6)c6ccccc6-7)n5)c4)c3)cc(N3c4ccccc4-c4c(n(-c5cc(-c6ccccc6)nc(-c6ccccc6)n5)c5ccccc45)-c4ccccc43)c2)cc1. The van der Waals surface area contributed by atoms with Crippen LogP contribution in [0.4, 0.5) is 34.1 Å². The minimum Gasteiger partial charge on any atom is -0.309 e. The van der Waals surface area contributed by atoms with E-state index in [2.05, 4.69) is 438 Å². The van der Waals surface area contributed by atoms with Crippen LogP contribution in [-0.2, 0) is 0 Å². The van der Waals surface area contributed by atoms with Crippen LogP contribution >= 0.6 is 0 Å². The van der Waals surface area contributed by atoms with E-state index < -0.39 is 0 Å². The first kappa shape index (κ1) is 67.3. The Morgan fingerprint density at radius 1 is 0.190 bits per heavy atom. The Labute approximate surface area is 672 Å². The van der Waals surface area contributed by atoms with E-state index in [4.69, 9.17) is 19.9 Å². The first-order valence-corrected chi connectivity index (χ1v) is 39.4. The highest BCUT2D eigenvalue weighted by atomic mass is 15.2. The van der Waals surface area contributed by atoms with Gasteiger partial charge in [0.2, 0.25) is 5.95 Å². The number of rotatable bonds is 13. The maximum atomic E-state index is 5.79. The third kappa shape index (κ3) is 11.7. The highest BCUT2D eigenvalue weighted by Crippen LogP contribution is 2.58. The summed E-state index contributed by atoms with van der Waals surface area (Å²) in [5.74, 6) is 2.00. The third-order valence-electron chi connectivity index (χ3n) is 22.8. The van der Waals surface area contributed by atoms with Crippen LogP contribution < -0.4 is 9.80 Å². The molecule has 0 atom stereocenters. The molecule has 116 heavy (non-hydrogen) atoms. The van der Waals surface area contributed by atoms with E-state index in [1.807, 2.05) is 6.07 Å². The van der Waals surface area contributed by atoms with Gasteiger partial charge in [0.05, 0.1) is 62.3 Å². The van der Waals surface area contributed by atoms with Gasteiger partial charge in [-0.25, -0.2) is 19.9 Å². The zero-order chi connectivity index (χ0) is 76.6. The van der Waals surface area contributed by atoms with Crippen molar-refractivity contribution in [3.63, 3.8) is 0 Å². The quantitative estimate of drug-likeness (QED) is 0.115. The van der Waals surface area contributed by atoms with Gasteiger partial charge in [0.1, 0.15) is 5.82 Å². The van der Waals surface area contributed by atoms with Crippen molar-refractivity contribution in [1.29, 1.82) is 0 Å². The standard InChI is InChI=1S/C108H70N8/c1-7-33-71(34-8-1)81-63-82(72-35-9-2-10-36-72)66-85(65-81)113-97-56-26-20-50-88(97)104-90-52-22-28-58-99(90)116(106(104)92-54-24-30-60-101(92)113)108-110-93(74-39-13-4-14-40-74)69-94(111-108)80-48-32-46-78(62-80)77-45-31-47-79(61-77)84-64-83(73-37-11-3-12-38-73)67-86(68-84)114-96-55-25-19-49-87(96)103-89-51-21-27-57-98(89)115(105(103)91-53-23-29-59-100(91)114)102-70-95(75-41-15-5-16-42-75)109-107(112-102)76-43-17-6-18-44-76/h1-70H. The van der Waals surface area contributed by atoms with E-state index in [9.17, 15) is 0 Å². The fraction of sp³-hybridized carbons (Fsp3) is 0. The van der Waals surface area contributed by atoms with E-state index in [0.29, 0.717) is 11.8 Å². The number of para-hydroxylation sites is 6. The van der Waals surface area contributed by atoms with Crippen molar-refractivity contribution in [1.82, 2.24) is 29.1 Å². The van der Waals surface area contributed by atoms with Crippen molar-refractivity contribution < 1.29 is 0 Å². The highest BCUT2D eigenvalue weighted by molar-refractivity contribution is 6.15. The minimum absolute atomic E-state index is 0.566. The Kier molecular flexibility index (Phi) is 16.4. The van der Waals surface area contributed by atoms with Gasteiger partial charge >= 0.3 is 0 Å². The highest BCUT2D eigenvalue weighted by Gasteiger charge is 2.35. The molecule has 8 heteroatoms. The molecule has 20 aromatic rings. The van der Waals surface area contributed by atoms with E-state index in [1.54, 1.807) is 0 Å². The summed E-state index contributed by atoms with van der Waals surface area (Å²) >= 11 is 0. The monoisotopic (exact) mass is 1480 g/mol. The van der Waals surface area contributed by atoms with Gasteiger partial charge < -0.3 is 9.80 Å². The normalized spacial score (nSPS) is 11.9. The fourth-order valence-corrected chi connectivity index (χ4v) is 17.5. The molecular weight excluding hydrogens is 1410 g/mol. The molecule has 0 fully saturated rings. The van der Waals surface area contributed by atoms with E-state index in [0.717, 1.165) is 201 Å². The van der Waals surface area contributed by atoms with Gasteiger partial charge in [0.15, 0.2) is 5.82 Å². The molecule has 4 aromatic heterocycles. The number of aromatic nitrogens is 6. The van der Waals surface area contributed by atoms with Crippen molar-refractivity contribution in [2.24, 2.45) is 0 Å². The third-order valence-corrected chi connectivity index (χ3v) is 22.8. The minimum atomic E-state index is 0.566. The largest absolute Gasteiger partial charge is 0.309 e. The van der Waals surface area contributed by atoms with E-state index in [-0.39, 0.29) is 0 Å². The van der Waals surface area contributed by atoms with Crippen molar-refractivity contribution in [3.05, 3.63) is 425 Å². The van der Waals surface area contributed by atoms with Crippen molar-refractivity contribution in [2.45, 2.75) is 0 Å². The van der Waals surface area contributed by atoms with Gasteiger partial charge in [-0.3, -0.25) is 9.13 Å². The predicted molar refractivity (Wildman–Crippen MR) is 478 cm³/mol.